The van der Waals surface area contributed by atoms with Crippen LogP contribution >= 0.6 is 0 Å². The van der Waals surface area contributed by atoms with Crippen molar-refractivity contribution >= 4 is 17.1 Å². The fourth-order valence-electron chi connectivity index (χ4n) is 9.76. The van der Waals surface area contributed by atoms with Gasteiger partial charge in [-0.25, -0.2) is 0 Å². The Kier molecular flexibility index (Phi) is 38.9. The second kappa shape index (κ2) is 41.9. The summed E-state index contributed by atoms with van der Waals surface area (Å²) in [7, 11) is -4.38. The molecule has 2 aliphatic rings. The molecule has 2 heterocycles. The van der Waals surface area contributed by atoms with Crippen molar-refractivity contribution in [1.82, 2.24) is 9.80 Å². The molecule has 2 rings (SSSR count). The van der Waals surface area contributed by atoms with Gasteiger partial charge in [0.2, 0.25) is 0 Å². The van der Waals surface area contributed by atoms with E-state index in [1.54, 1.807) is 0 Å². The van der Waals surface area contributed by atoms with Gasteiger partial charge in [-0.1, -0.05) is 141 Å². The molecule has 386 valence electrons. The average molecular weight is 958 g/mol. The Bertz CT molecular complexity index is 1150. The summed E-state index contributed by atoms with van der Waals surface area (Å²) in [6, 6.07) is 2.24. The zero-order chi connectivity index (χ0) is 47.5. The van der Waals surface area contributed by atoms with Crippen LogP contribution in [0.1, 0.15) is 227 Å². The van der Waals surface area contributed by atoms with Crippen molar-refractivity contribution < 1.29 is 17.7 Å². The number of unbranched alkanes of at least 4 members (excludes halogenated alkanes) is 18. The molecule has 0 amide bonds. The molecular formula is C58H112N2O4Si2. The molecule has 0 N–H and O–H groups in total. The number of piperidine rings is 1. The SMILES string of the molecule is CCCCC/C=C\CCCO[Si](C)(CCCCN1CCC2(CC1)CCN(CCCC[Si](C)(OCCC/C=C\CCCCC)OCCC/C=C\CCCCC)C2)OCCC/C=C\CCCCC. The fourth-order valence-corrected chi connectivity index (χ4v) is 14.6. The number of nitrogens with zero attached hydrogens (tertiary/aromatic N) is 2. The minimum Gasteiger partial charge on any atom is -0.394 e. The smallest absolute Gasteiger partial charge is 0.334 e. The molecule has 6 nitrogen and oxygen atoms in total. The van der Waals surface area contributed by atoms with E-state index >= 15 is 0 Å². The summed E-state index contributed by atoms with van der Waals surface area (Å²) in [5.41, 5.74) is 0.545. The van der Waals surface area contributed by atoms with Crippen molar-refractivity contribution in [3.63, 3.8) is 0 Å². The largest absolute Gasteiger partial charge is 0.394 e. The molecule has 2 aliphatic heterocycles. The van der Waals surface area contributed by atoms with Crippen molar-refractivity contribution in [3.05, 3.63) is 48.6 Å². The van der Waals surface area contributed by atoms with Crippen LogP contribution < -0.4 is 0 Å². The van der Waals surface area contributed by atoms with Gasteiger partial charge in [-0.05, 0) is 198 Å². The van der Waals surface area contributed by atoms with Gasteiger partial charge < -0.3 is 27.5 Å². The van der Waals surface area contributed by atoms with Crippen LogP contribution in [0, 0.1) is 5.41 Å². The zero-order valence-corrected chi connectivity index (χ0v) is 47.1. The van der Waals surface area contributed by atoms with Gasteiger partial charge in [-0.15, -0.1) is 0 Å². The molecular weight excluding hydrogens is 845 g/mol. The van der Waals surface area contributed by atoms with Gasteiger partial charge in [-0.3, -0.25) is 0 Å². The van der Waals surface area contributed by atoms with Crippen LogP contribution in [0.2, 0.25) is 25.2 Å². The van der Waals surface area contributed by atoms with E-state index in [0.717, 1.165) is 89.9 Å². The number of hydrogen-bond acceptors (Lipinski definition) is 6. The molecule has 0 aliphatic carbocycles. The molecule has 2 saturated heterocycles. The van der Waals surface area contributed by atoms with Crippen molar-refractivity contribution in [2.24, 2.45) is 5.41 Å². The molecule has 1 spiro atoms. The van der Waals surface area contributed by atoms with Crippen molar-refractivity contribution in [2.75, 3.05) is 65.7 Å². The third-order valence-electron chi connectivity index (χ3n) is 14.4. The Morgan fingerprint density at radius 2 is 0.652 bits per heavy atom. The normalized spacial score (nSPS) is 16.6. The highest BCUT2D eigenvalue weighted by Crippen LogP contribution is 2.40. The van der Waals surface area contributed by atoms with Crippen molar-refractivity contribution in [2.45, 2.75) is 252 Å². The monoisotopic (exact) mass is 957 g/mol. The van der Waals surface area contributed by atoms with Gasteiger partial charge in [0, 0.05) is 33.0 Å². The first-order valence-electron chi connectivity index (χ1n) is 28.9. The summed E-state index contributed by atoms with van der Waals surface area (Å²) in [5, 5.41) is 0. The van der Waals surface area contributed by atoms with Crippen molar-refractivity contribution in [1.29, 1.82) is 0 Å². The van der Waals surface area contributed by atoms with Gasteiger partial charge in [-0.2, -0.15) is 0 Å². The summed E-state index contributed by atoms with van der Waals surface area (Å²) < 4.78 is 26.7. The Morgan fingerprint density at radius 3 is 0.970 bits per heavy atom. The predicted octanol–water partition coefficient (Wildman–Crippen LogP) is 17.2. The number of rotatable bonds is 46. The first-order chi connectivity index (χ1) is 32.3. The molecule has 0 radical (unpaired) electrons. The second-order valence-corrected chi connectivity index (χ2v) is 27.6. The van der Waals surface area contributed by atoms with Gasteiger partial charge in [0.25, 0.3) is 0 Å². The van der Waals surface area contributed by atoms with E-state index in [1.165, 1.54) is 187 Å². The topological polar surface area (TPSA) is 43.4 Å². The van der Waals surface area contributed by atoms with E-state index in [-0.39, 0.29) is 0 Å². The first kappa shape index (κ1) is 61.3. The Labute approximate surface area is 414 Å². The molecule has 0 bridgehead atoms. The maximum absolute atomic E-state index is 6.68. The summed E-state index contributed by atoms with van der Waals surface area (Å²) in [4.78, 5) is 5.57. The van der Waals surface area contributed by atoms with Crippen LogP contribution in [0.4, 0.5) is 0 Å². The highest BCUT2D eigenvalue weighted by Gasteiger charge is 2.40. The first-order valence-corrected chi connectivity index (χ1v) is 34.0. The molecule has 0 saturated carbocycles. The third-order valence-corrected chi connectivity index (χ3v) is 20.2. The molecule has 0 aromatic carbocycles. The summed E-state index contributed by atoms with van der Waals surface area (Å²) in [6.45, 7) is 24.8. The molecule has 0 aromatic rings. The zero-order valence-electron chi connectivity index (χ0n) is 45.1. The average Bonchev–Trinajstić information content (AvgIpc) is 3.72. The minimum absolute atomic E-state index is 0.545. The van der Waals surface area contributed by atoms with Gasteiger partial charge in [0.1, 0.15) is 0 Å². The molecule has 66 heavy (non-hydrogen) atoms. The lowest BCUT2D eigenvalue weighted by atomic mass is 9.78. The third kappa shape index (κ3) is 32.9. The molecule has 8 heteroatoms. The quantitative estimate of drug-likeness (QED) is 0.0344. The van der Waals surface area contributed by atoms with Crippen LogP contribution in [-0.2, 0) is 17.7 Å². The van der Waals surface area contributed by atoms with E-state index in [9.17, 15) is 0 Å². The fraction of sp³-hybridized carbons (Fsp3) is 0.862. The maximum Gasteiger partial charge on any atom is 0.334 e. The second-order valence-electron chi connectivity index (χ2n) is 20.9. The lowest BCUT2D eigenvalue weighted by Crippen LogP contribution is -2.42. The van der Waals surface area contributed by atoms with Crippen molar-refractivity contribution in [3.8, 4) is 0 Å². The van der Waals surface area contributed by atoms with Crippen LogP contribution in [0.25, 0.3) is 0 Å². The maximum atomic E-state index is 6.68. The van der Waals surface area contributed by atoms with Crippen LogP contribution in [0.3, 0.4) is 0 Å². The van der Waals surface area contributed by atoms with E-state index in [1.807, 2.05) is 0 Å². The lowest BCUT2D eigenvalue weighted by Gasteiger charge is -2.39. The van der Waals surface area contributed by atoms with Crippen LogP contribution in [0.15, 0.2) is 48.6 Å². The van der Waals surface area contributed by atoms with Gasteiger partial charge >= 0.3 is 17.1 Å². The van der Waals surface area contributed by atoms with Crippen LogP contribution in [-0.4, -0.2) is 92.6 Å². The Balaban J connectivity index is 1.73. The van der Waals surface area contributed by atoms with Crippen LogP contribution in [0.5, 0.6) is 0 Å². The van der Waals surface area contributed by atoms with Gasteiger partial charge in [0.05, 0.1) is 0 Å². The molecule has 0 aromatic heterocycles. The Morgan fingerprint density at radius 1 is 0.364 bits per heavy atom. The lowest BCUT2D eigenvalue weighted by molar-refractivity contribution is 0.106. The van der Waals surface area contributed by atoms with E-state index in [0.29, 0.717) is 5.41 Å². The highest BCUT2D eigenvalue weighted by atomic mass is 28.4. The standard InChI is InChI=1S/C58H112N2O4Si2/c1-7-11-15-19-23-27-31-37-51-61-65(5,62-52-38-32-28-24-20-16-12-8-2)55-41-35-46-59-48-43-58(44-49-59)45-50-60(57-58)47-36-42-56-66(6,63-53-39-33-29-25-21-17-13-9-3)64-54-40-34-30-26-22-18-14-10-4/h23-30H,7-22,31-57H2,1-6H3/b27-23-,28-24-,29-25-,30-26-. The number of allylic oxidation sites excluding steroid dienone is 8. The predicted molar refractivity (Wildman–Crippen MR) is 294 cm³/mol. The van der Waals surface area contributed by atoms with Gasteiger partial charge in [0.15, 0.2) is 0 Å². The van der Waals surface area contributed by atoms with E-state index in [2.05, 4.69) is 99.2 Å². The Hall–Kier alpha value is -0.846. The summed E-state index contributed by atoms with van der Waals surface area (Å²) in [5.74, 6) is 0. The molecule has 0 atom stereocenters. The highest BCUT2D eigenvalue weighted by molar-refractivity contribution is 6.66. The minimum atomic E-state index is -2.19. The van der Waals surface area contributed by atoms with E-state index < -0.39 is 17.1 Å². The summed E-state index contributed by atoms with van der Waals surface area (Å²) >= 11 is 0. The molecule has 2 fully saturated rings. The number of likely N-dealkylation sites (tertiary alicyclic amines) is 2. The summed E-state index contributed by atoms with van der Waals surface area (Å²) in [6.07, 6.45) is 57.7. The molecule has 0 unspecified atom stereocenters. The van der Waals surface area contributed by atoms with E-state index in [4.69, 9.17) is 17.7 Å². The number of hydrogen-bond donors (Lipinski definition) is 0.